The van der Waals surface area contributed by atoms with Crippen LogP contribution in [-0.4, -0.2) is 35.6 Å². The van der Waals surface area contributed by atoms with E-state index in [9.17, 15) is 9.90 Å². The summed E-state index contributed by atoms with van der Waals surface area (Å²) in [5.74, 6) is 0.465. The average Bonchev–Trinajstić information content (AvgIpc) is 2.90. The van der Waals surface area contributed by atoms with E-state index >= 15 is 0 Å². The first-order chi connectivity index (χ1) is 9.08. The summed E-state index contributed by atoms with van der Waals surface area (Å²) < 4.78 is 5.44. The number of carbonyl (C=O) groups is 1. The van der Waals surface area contributed by atoms with Gasteiger partial charge in [0.15, 0.2) is 6.61 Å². The zero-order valence-corrected chi connectivity index (χ0v) is 11.7. The Morgan fingerprint density at radius 3 is 2.74 bits per heavy atom. The van der Waals surface area contributed by atoms with E-state index in [1.54, 1.807) is 30.0 Å². The number of aliphatic hydroxyl groups is 1. The highest BCUT2D eigenvalue weighted by atomic mass is 35.5. The van der Waals surface area contributed by atoms with Crippen LogP contribution in [0.15, 0.2) is 18.2 Å². The molecule has 1 aromatic carbocycles. The van der Waals surface area contributed by atoms with E-state index in [2.05, 4.69) is 0 Å². The van der Waals surface area contributed by atoms with E-state index < -0.39 is 6.10 Å². The molecule has 1 aliphatic heterocycles. The fourth-order valence-electron chi connectivity index (χ4n) is 2.09. The minimum Gasteiger partial charge on any atom is -0.482 e. The summed E-state index contributed by atoms with van der Waals surface area (Å²) in [6.45, 7) is 3.31. The average molecular weight is 284 g/mol. The van der Waals surface area contributed by atoms with Gasteiger partial charge < -0.3 is 14.7 Å². The van der Waals surface area contributed by atoms with Gasteiger partial charge in [0.1, 0.15) is 5.75 Å². The lowest BCUT2D eigenvalue weighted by atomic mass is 10.1. The van der Waals surface area contributed by atoms with Crippen molar-refractivity contribution in [1.29, 1.82) is 0 Å². The zero-order valence-electron chi connectivity index (χ0n) is 10.9. The highest BCUT2D eigenvalue weighted by molar-refractivity contribution is 6.32. The van der Waals surface area contributed by atoms with Gasteiger partial charge in [0.05, 0.1) is 11.1 Å². The Labute approximate surface area is 117 Å². The standard InChI is InChI=1S/C14H18ClNO3/c1-10(17)11-4-5-13(12(15)8-11)19-9-14(18)16-6-2-3-7-16/h4-5,8,10,17H,2-3,6-7,9H2,1H3/t10-/m0/s1. The highest BCUT2D eigenvalue weighted by Crippen LogP contribution is 2.27. The summed E-state index contributed by atoms with van der Waals surface area (Å²) in [6, 6.07) is 5.08. The molecule has 0 unspecified atom stereocenters. The molecule has 5 heteroatoms. The lowest BCUT2D eigenvalue weighted by Crippen LogP contribution is -2.32. The lowest BCUT2D eigenvalue weighted by Gasteiger charge is -2.16. The van der Waals surface area contributed by atoms with E-state index in [1.807, 2.05) is 0 Å². The Kier molecular flexibility index (Phi) is 4.66. The van der Waals surface area contributed by atoms with E-state index in [0.717, 1.165) is 31.5 Å². The van der Waals surface area contributed by atoms with Crippen molar-refractivity contribution in [2.45, 2.75) is 25.9 Å². The van der Waals surface area contributed by atoms with Crippen molar-refractivity contribution in [3.63, 3.8) is 0 Å². The fraction of sp³-hybridized carbons (Fsp3) is 0.500. The molecule has 1 saturated heterocycles. The molecule has 2 rings (SSSR count). The predicted octanol–water partition coefficient (Wildman–Crippen LogP) is 2.39. The fourth-order valence-corrected chi connectivity index (χ4v) is 2.33. The first kappa shape index (κ1) is 14.2. The van der Waals surface area contributed by atoms with Gasteiger partial charge in [-0.2, -0.15) is 0 Å². The first-order valence-corrected chi connectivity index (χ1v) is 6.84. The summed E-state index contributed by atoms with van der Waals surface area (Å²) in [7, 11) is 0. The second-order valence-electron chi connectivity index (χ2n) is 4.74. The molecule has 1 heterocycles. The third kappa shape index (κ3) is 3.61. The maximum absolute atomic E-state index is 11.8. The molecule has 1 aliphatic rings. The van der Waals surface area contributed by atoms with Gasteiger partial charge in [-0.3, -0.25) is 4.79 Å². The first-order valence-electron chi connectivity index (χ1n) is 6.46. The van der Waals surface area contributed by atoms with Gasteiger partial charge in [-0.15, -0.1) is 0 Å². The molecule has 0 aliphatic carbocycles. The number of amides is 1. The predicted molar refractivity (Wildman–Crippen MR) is 73.4 cm³/mol. The molecule has 4 nitrogen and oxygen atoms in total. The highest BCUT2D eigenvalue weighted by Gasteiger charge is 2.18. The number of likely N-dealkylation sites (tertiary alicyclic amines) is 1. The van der Waals surface area contributed by atoms with E-state index in [4.69, 9.17) is 16.3 Å². The van der Waals surface area contributed by atoms with Crippen LogP contribution in [0.25, 0.3) is 0 Å². The zero-order chi connectivity index (χ0) is 13.8. The topological polar surface area (TPSA) is 49.8 Å². The van der Waals surface area contributed by atoms with E-state index in [1.165, 1.54) is 0 Å². The van der Waals surface area contributed by atoms with Gasteiger partial charge in [0.2, 0.25) is 0 Å². The monoisotopic (exact) mass is 283 g/mol. The Bertz CT molecular complexity index is 456. The van der Waals surface area contributed by atoms with Gasteiger partial charge in [-0.05, 0) is 37.5 Å². The Morgan fingerprint density at radius 2 is 2.16 bits per heavy atom. The van der Waals surface area contributed by atoms with Crippen LogP contribution in [0.5, 0.6) is 5.75 Å². The van der Waals surface area contributed by atoms with E-state index in [0.29, 0.717) is 10.8 Å². The number of rotatable bonds is 4. The van der Waals surface area contributed by atoms with Crippen molar-refractivity contribution >= 4 is 17.5 Å². The van der Waals surface area contributed by atoms with Gasteiger partial charge >= 0.3 is 0 Å². The number of halogens is 1. The van der Waals surface area contributed by atoms with Crippen molar-refractivity contribution < 1.29 is 14.6 Å². The van der Waals surface area contributed by atoms with Gasteiger partial charge in [-0.25, -0.2) is 0 Å². The summed E-state index contributed by atoms with van der Waals surface area (Å²) in [5, 5.41) is 9.85. The normalized spacial score (nSPS) is 16.5. The van der Waals surface area contributed by atoms with E-state index in [-0.39, 0.29) is 12.5 Å². The third-order valence-electron chi connectivity index (χ3n) is 3.25. The molecule has 0 bridgehead atoms. The number of hydrogen-bond acceptors (Lipinski definition) is 3. The molecule has 1 atom stereocenters. The van der Waals surface area contributed by atoms with Crippen LogP contribution >= 0.6 is 11.6 Å². The molecular formula is C14H18ClNO3. The quantitative estimate of drug-likeness (QED) is 0.923. The smallest absolute Gasteiger partial charge is 0.260 e. The molecule has 0 saturated carbocycles. The van der Waals surface area contributed by atoms with Gasteiger partial charge in [0, 0.05) is 13.1 Å². The maximum atomic E-state index is 11.8. The van der Waals surface area contributed by atoms with Crippen molar-refractivity contribution in [2.24, 2.45) is 0 Å². The molecule has 1 fully saturated rings. The number of carbonyl (C=O) groups excluding carboxylic acids is 1. The molecular weight excluding hydrogens is 266 g/mol. The number of hydrogen-bond donors (Lipinski definition) is 1. The Balaban J connectivity index is 1.94. The molecule has 1 N–H and O–H groups in total. The van der Waals surface area contributed by atoms with Crippen LogP contribution in [-0.2, 0) is 4.79 Å². The minimum absolute atomic E-state index is 0.00632. The molecule has 0 spiro atoms. The molecule has 104 valence electrons. The number of nitrogens with zero attached hydrogens (tertiary/aromatic N) is 1. The molecule has 0 aromatic heterocycles. The lowest BCUT2D eigenvalue weighted by molar-refractivity contribution is -0.132. The second kappa shape index (κ2) is 6.26. The Morgan fingerprint density at radius 1 is 1.47 bits per heavy atom. The Hall–Kier alpha value is -1.26. The summed E-state index contributed by atoms with van der Waals surface area (Å²) in [6.07, 6.45) is 1.56. The van der Waals surface area contributed by atoms with Crippen LogP contribution in [0.3, 0.4) is 0 Å². The molecule has 19 heavy (non-hydrogen) atoms. The van der Waals surface area contributed by atoms with Gasteiger partial charge in [0.25, 0.3) is 5.91 Å². The van der Waals surface area contributed by atoms with Crippen molar-refractivity contribution in [2.75, 3.05) is 19.7 Å². The number of aliphatic hydroxyl groups excluding tert-OH is 1. The second-order valence-corrected chi connectivity index (χ2v) is 5.15. The van der Waals surface area contributed by atoms with Crippen LogP contribution in [0.4, 0.5) is 0 Å². The van der Waals surface area contributed by atoms with Crippen molar-refractivity contribution in [1.82, 2.24) is 4.90 Å². The SMILES string of the molecule is C[C@H](O)c1ccc(OCC(=O)N2CCCC2)c(Cl)c1. The summed E-state index contributed by atoms with van der Waals surface area (Å²) in [4.78, 5) is 13.6. The third-order valence-corrected chi connectivity index (χ3v) is 3.54. The van der Waals surface area contributed by atoms with Crippen molar-refractivity contribution in [3.05, 3.63) is 28.8 Å². The largest absolute Gasteiger partial charge is 0.482 e. The van der Waals surface area contributed by atoms with Crippen LogP contribution in [0.1, 0.15) is 31.4 Å². The molecule has 1 amide bonds. The van der Waals surface area contributed by atoms with Gasteiger partial charge in [-0.1, -0.05) is 17.7 Å². The minimum atomic E-state index is -0.571. The van der Waals surface area contributed by atoms with Crippen LogP contribution in [0.2, 0.25) is 5.02 Å². The number of benzene rings is 1. The number of ether oxygens (including phenoxy) is 1. The molecule has 0 radical (unpaired) electrons. The molecule has 1 aromatic rings. The summed E-state index contributed by atoms with van der Waals surface area (Å²) in [5.41, 5.74) is 0.725. The summed E-state index contributed by atoms with van der Waals surface area (Å²) >= 11 is 6.06. The van der Waals surface area contributed by atoms with Crippen LogP contribution < -0.4 is 4.74 Å². The maximum Gasteiger partial charge on any atom is 0.260 e. The van der Waals surface area contributed by atoms with Crippen molar-refractivity contribution in [3.8, 4) is 5.75 Å². The van der Waals surface area contributed by atoms with Crippen LogP contribution in [0, 0.1) is 0 Å².